The maximum Gasteiger partial charge on any atom is 0.150 e. The Hall–Kier alpha value is -1.19. The number of rotatable bonds is 1. The SMILES string of the molecule is Cc1nn(C)c(N2CC(C)CC2C)c1N. The largest absolute Gasteiger partial charge is 0.394 e. The topological polar surface area (TPSA) is 47.1 Å². The molecule has 0 spiro atoms. The number of aromatic nitrogens is 2. The molecule has 0 radical (unpaired) electrons. The fourth-order valence-corrected chi connectivity index (χ4v) is 2.60. The molecule has 1 aliphatic rings. The van der Waals surface area contributed by atoms with E-state index in [1.807, 2.05) is 18.7 Å². The van der Waals surface area contributed by atoms with Crippen molar-refractivity contribution in [3.63, 3.8) is 0 Å². The predicted octanol–water partition coefficient (Wildman–Crippen LogP) is 1.55. The molecular formula is C11H20N4. The number of nitrogens with zero attached hydrogens (tertiary/aromatic N) is 3. The van der Waals surface area contributed by atoms with Gasteiger partial charge in [0.25, 0.3) is 0 Å². The molecule has 2 rings (SSSR count). The molecule has 0 saturated carbocycles. The summed E-state index contributed by atoms with van der Waals surface area (Å²) >= 11 is 0. The van der Waals surface area contributed by atoms with Gasteiger partial charge in [-0.1, -0.05) is 6.92 Å². The van der Waals surface area contributed by atoms with E-state index >= 15 is 0 Å². The molecule has 4 heteroatoms. The molecule has 1 aromatic rings. The van der Waals surface area contributed by atoms with Gasteiger partial charge >= 0.3 is 0 Å². The average molecular weight is 208 g/mol. The van der Waals surface area contributed by atoms with E-state index in [0.717, 1.165) is 29.7 Å². The van der Waals surface area contributed by atoms with E-state index in [2.05, 4.69) is 23.8 Å². The average Bonchev–Trinajstić information content (AvgIpc) is 2.56. The lowest BCUT2D eigenvalue weighted by Gasteiger charge is -2.24. The fourth-order valence-electron chi connectivity index (χ4n) is 2.60. The Bertz CT molecular complexity index is 369. The molecule has 0 bridgehead atoms. The van der Waals surface area contributed by atoms with Gasteiger partial charge in [-0.05, 0) is 26.2 Å². The number of aryl methyl sites for hydroxylation is 2. The first-order chi connectivity index (χ1) is 7.00. The summed E-state index contributed by atoms with van der Waals surface area (Å²) in [7, 11) is 1.97. The van der Waals surface area contributed by atoms with Gasteiger partial charge < -0.3 is 10.6 Å². The summed E-state index contributed by atoms with van der Waals surface area (Å²) in [6, 6.07) is 0.567. The molecule has 15 heavy (non-hydrogen) atoms. The second kappa shape index (κ2) is 3.43. The van der Waals surface area contributed by atoms with E-state index in [1.165, 1.54) is 6.42 Å². The Labute approximate surface area is 91.1 Å². The normalized spacial score (nSPS) is 26.3. The Morgan fingerprint density at radius 3 is 2.47 bits per heavy atom. The van der Waals surface area contributed by atoms with E-state index in [9.17, 15) is 0 Å². The number of nitrogens with two attached hydrogens (primary N) is 1. The number of hydrogen-bond donors (Lipinski definition) is 1. The van der Waals surface area contributed by atoms with Gasteiger partial charge in [0.15, 0.2) is 5.82 Å². The Balaban J connectivity index is 2.37. The molecule has 2 atom stereocenters. The zero-order valence-corrected chi connectivity index (χ0v) is 9.99. The van der Waals surface area contributed by atoms with Crippen LogP contribution in [0.3, 0.4) is 0 Å². The van der Waals surface area contributed by atoms with Crippen LogP contribution < -0.4 is 10.6 Å². The van der Waals surface area contributed by atoms with Crippen LogP contribution in [0.4, 0.5) is 11.5 Å². The molecular weight excluding hydrogens is 188 g/mol. The zero-order valence-electron chi connectivity index (χ0n) is 9.99. The molecule has 1 saturated heterocycles. The van der Waals surface area contributed by atoms with Crippen LogP contribution in [0.25, 0.3) is 0 Å². The van der Waals surface area contributed by atoms with Crippen LogP contribution in [-0.4, -0.2) is 22.4 Å². The zero-order chi connectivity index (χ0) is 11.2. The second-order valence-electron chi connectivity index (χ2n) is 4.79. The van der Waals surface area contributed by atoms with Crippen LogP contribution in [0.1, 0.15) is 26.0 Å². The van der Waals surface area contributed by atoms with Gasteiger partial charge in [-0.2, -0.15) is 5.10 Å². The van der Waals surface area contributed by atoms with Crippen molar-refractivity contribution in [2.75, 3.05) is 17.2 Å². The van der Waals surface area contributed by atoms with Crippen LogP contribution in [0.5, 0.6) is 0 Å². The van der Waals surface area contributed by atoms with Crippen LogP contribution in [0.2, 0.25) is 0 Å². The van der Waals surface area contributed by atoms with E-state index in [0.29, 0.717) is 6.04 Å². The van der Waals surface area contributed by atoms with E-state index in [-0.39, 0.29) is 0 Å². The van der Waals surface area contributed by atoms with Crippen molar-refractivity contribution < 1.29 is 0 Å². The smallest absolute Gasteiger partial charge is 0.150 e. The van der Waals surface area contributed by atoms with E-state index in [4.69, 9.17) is 5.73 Å². The van der Waals surface area contributed by atoms with Gasteiger partial charge in [0.05, 0.1) is 11.4 Å². The molecule has 2 unspecified atom stereocenters. The lowest BCUT2D eigenvalue weighted by atomic mass is 10.1. The molecule has 2 N–H and O–H groups in total. The third-order valence-corrected chi connectivity index (χ3v) is 3.29. The van der Waals surface area contributed by atoms with Crippen molar-refractivity contribution in [3.8, 4) is 0 Å². The minimum absolute atomic E-state index is 0.567. The lowest BCUT2D eigenvalue weighted by molar-refractivity contribution is 0.624. The summed E-state index contributed by atoms with van der Waals surface area (Å²) in [5.41, 5.74) is 7.83. The Morgan fingerprint density at radius 2 is 2.07 bits per heavy atom. The van der Waals surface area contributed by atoms with Gasteiger partial charge in [0, 0.05) is 19.6 Å². The van der Waals surface area contributed by atoms with Crippen LogP contribution in [0, 0.1) is 12.8 Å². The monoisotopic (exact) mass is 208 g/mol. The molecule has 0 amide bonds. The summed E-state index contributed by atoms with van der Waals surface area (Å²) in [5.74, 6) is 1.83. The first kappa shape index (κ1) is 10.3. The summed E-state index contributed by atoms with van der Waals surface area (Å²) in [4.78, 5) is 2.38. The van der Waals surface area contributed by atoms with Crippen molar-refractivity contribution in [1.82, 2.24) is 9.78 Å². The Kier molecular flexibility index (Phi) is 2.37. The molecule has 1 aromatic heterocycles. The number of hydrogen-bond acceptors (Lipinski definition) is 3. The molecule has 84 valence electrons. The maximum atomic E-state index is 6.07. The van der Waals surface area contributed by atoms with Gasteiger partial charge in [-0.15, -0.1) is 0 Å². The quantitative estimate of drug-likeness (QED) is 0.761. The van der Waals surface area contributed by atoms with Crippen molar-refractivity contribution in [1.29, 1.82) is 0 Å². The standard InChI is InChI=1S/C11H20N4/c1-7-5-8(2)15(6-7)11-10(12)9(3)13-14(11)4/h7-8H,5-6,12H2,1-4H3. The summed E-state index contributed by atoms with van der Waals surface area (Å²) in [6.07, 6.45) is 1.24. The minimum atomic E-state index is 0.567. The minimum Gasteiger partial charge on any atom is -0.394 e. The van der Waals surface area contributed by atoms with Crippen molar-refractivity contribution in [3.05, 3.63) is 5.69 Å². The molecule has 2 heterocycles. The van der Waals surface area contributed by atoms with Crippen molar-refractivity contribution in [2.45, 2.75) is 33.2 Å². The van der Waals surface area contributed by atoms with Gasteiger partial charge in [-0.25, -0.2) is 0 Å². The summed E-state index contributed by atoms with van der Waals surface area (Å²) in [6.45, 7) is 7.59. The number of nitrogen functional groups attached to an aromatic ring is 1. The highest BCUT2D eigenvalue weighted by molar-refractivity contribution is 5.67. The molecule has 4 nitrogen and oxygen atoms in total. The van der Waals surface area contributed by atoms with Crippen molar-refractivity contribution in [2.24, 2.45) is 13.0 Å². The highest BCUT2D eigenvalue weighted by Gasteiger charge is 2.30. The van der Waals surface area contributed by atoms with Gasteiger partial charge in [0.1, 0.15) is 0 Å². The van der Waals surface area contributed by atoms with Crippen LogP contribution in [-0.2, 0) is 7.05 Å². The van der Waals surface area contributed by atoms with E-state index in [1.54, 1.807) is 0 Å². The third-order valence-electron chi connectivity index (χ3n) is 3.29. The van der Waals surface area contributed by atoms with E-state index < -0.39 is 0 Å². The fraction of sp³-hybridized carbons (Fsp3) is 0.727. The number of anilines is 2. The summed E-state index contributed by atoms with van der Waals surface area (Å²) in [5, 5.41) is 4.36. The van der Waals surface area contributed by atoms with Crippen LogP contribution in [0.15, 0.2) is 0 Å². The van der Waals surface area contributed by atoms with Gasteiger partial charge in [0.2, 0.25) is 0 Å². The molecule has 0 aromatic carbocycles. The maximum absolute atomic E-state index is 6.07. The predicted molar refractivity (Wildman–Crippen MR) is 62.9 cm³/mol. The van der Waals surface area contributed by atoms with Crippen molar-refractivity contribution >= 4 is 11.5 Å². The van der Waals surface area contributed by atoms with Gasteiger partial charge in [-0.3, -0.25) is 4.68 Å². The summed E-state index contributed by atoms with van der Waals surface area (Å²) < 4.78 is 1.90. The molecule has 0 aliphatic carbocycles. The third kappa shape index (κ3) is 1.58. The first-order valence-corrected chi connectivity index (χ1v) is 5.56. The first-order valence-electron chi connectivity index (χ1n) is 5.56. The second-order valence-corrected chi connectivity index (χ2v) is 4.79. The lowest BCUT2D eigenvalue weighted by Crippen LogP contribution is -2.29. The molecule has 1 fully saturated rings. The highest BCUT2D eigenvalue weighted by atomic mass is 15.4. The highest BCUT2D eigenvalue weighted by Crippen LogP contribution is 2.33. The van der Waals surface area contributed by atoms with Crippen LogP contribution >= 0.6 is 0 Å². The Morgan fingerprint density at radius 1 is 1.40 bits per heavy atom. The molecule has 1 aliphatic heterocycles.